The Morgan fingerprint density at radius 2 is 2.36 bits per heavy atom. The van der Waals surface area contributed by atoms with Crippen LogP contribution < -0.4 is 0 Å². The molecule has 4 heteroatoms. The van der Waals surface area contributed by atoms with Crippen LogP contribution in [0.15, 0.2) is 6.20 Å². The van der Waals surface area contributed by atoms with E-state index in [1.165, 1.54) is 0 Å². The molecule has 0 fully saturated rings. The molecule has 0 aliphatic carbocycles. The maximum absolute atomic E-state index is 10.7. The molecule has 0 unspecified atom stereocenters. The summed E-state index contributed by atoms with van der Waals surface area (Å²) in [4.78, 5) is 10.7. The summed E-state index contributed by atoms with van der Waals surface area (Å²) < 4.78 is 6.75. The van der Waals surface area contributed by atoms with Crippen molar-refractivity contribution in [3.05, 3.63) is 17.5 Å². The highest BCUT2D eigenvalue weighted by atomic mass is 16.5. The van der Waals surface area contributed by atoms with E-state index in [0.717, 1.165) is 12.0 Å². The number of aromatic nitrogens is 2. The molecule has 1 aromatic heterocycles. The molecular formula is C10H16N2O2. The molecule has 0 atom stereocenters. The normalized spacial score (nSPS) is 10.9. The van der Waals surface area contributed by atoms with Gasteiger partial charge in [0, 0.05) is 25.8 Å². The van der Waals surface area contributed by atoms with Crippen LogP contribution in [0.1, 0.15) is 35.9 Å². The fourth-order valence-corrected chi connectivity index (χ4v) is 1.20. The van der Waals surface area contributed by atoms with Crippen LogP contribution in [0.2, 0.25) is 0 Å². The first-order valence-corrected chi connectivity index (χ1v) is 4.71. The Bertz CT molecular complexity index is 305. The van der Waals surface area contributed by atoms with E-state index in [1.54, 1.807) is 18.0 Å². The quantitative estimate of drug-likeness (QED) is 0.670. The lowest BCUT2D eigenvalue weighted by Gasteiger charge is -2.03. The van der Waals surface area contributed by atoms with E-state index < -0.39 is 0 Å². The number of aldehydes is 1. The topological polar surface area (TPSA) is 44.1 Å². The van der Waals surface area contributed by atoms with Crippen molar-refractivity contribution in [2.75, 3.05) is 13.7 Å². The van der Waals surface area contributed by atoms with Gasteiger partial charge in [-0.1, -0.05) is 0 Å². The van der Waals surface area contributed by atoms with Gasteiger partial charge in [-0.3, -0.25) is 9.48 Å². The summed E-state index contributed by atoms with van der Waals surface area (Å²) in [7, 11) is 1.64. The molecule has 1 rings (SSSR count). The molecule has 0 aromatic carbocycles. The summed E-state index contributed by atoms with van der Waals surface area (Å²) >= 11 is 0. The van der Waals surface area contributed by atoms with Gasteiger partial charge in [0.1, 0.15) is 0 Å². The minimum Gasteiger partial charge on any atom is -0.384 e. The van der Waals surface area contributed by atoms with E-state index in [1.807, 2.05) is 13.8 Å². The molecule has 1 heterocycles. The number of carbonyl (C=O) groups is 1. The summed E-state index contributed by atoms with van der Waals surface area (Å²) in [6.45, 7) is 4.65. The lowest BCUT2D eigenvalue weighted by Crippen LogP contribution is -2.03. The smallest absolute Gasteiger partial charge is 0.153 e. The minimum atomic E-state index is 0.282. The molecule has 0 N–H and O–H groups in total. The molecule has 0 aliphatic heterocycles. The lowest BCUT2D eigenvalue weighted by molar-refractivity contribution is 0.112. The van der Waals surface area contributed by atoms with Crippen molar-refractivity contribution < 1.29 is 9.53 Å². The Morgan fingerprint density at radius 1 is 1.64 bits per heavy atom. The van der Waals surface area contributed by atoms with E-state index in [4.69, 9.17) is 4.74 Å². The molecule has 0 saturated heterocycles. The van der Waals surface area contributed by atoms with E-state index in [0.29, 0.717) is 18.6 Å². The fourth-order valence-electron chi connectivity index (χ4n) is 1.20. The van der Waals surface area contributed by atoms with Gasteiger partial charge in [-0.2, -0.15) is 5.10 Å². The van der Waals surface area contributed by atoms with E-state index in [2.05, 4.69) is 5.10 Å². The highest BCUT2D eigenvalue weighted by Crippen LogP contribution is 2.10. The second kappa shape index (κ2) is 4.91. The molecule has 0 bridgehead atoms. The molecule has 4 nitrogen and oxygen atoms in total. The monoisotopic (exact) mass is 196 g/mol. The average molecular weight is 196 g/mol. The summed E-state index contributed by atoms with van der Waals surface area (Å²) in [5.41, 5.74) is 1.48. The van der Waals surface area contributed by atoms with Gasteiger partial charge in [0.15, 0.2) is 6.29 Å². The van der Waals surface area contributed by atoms with Gasteiger partial charge < -0.3 is 4.74 Å². The molecule has 0 saturated carbocycles. The van der Waals surface area contributed by atoms with Gasteiger partial charge in [0.05, 0.1) is 17.9 Å². The molecule has 78 valence electrons. The largest absolute Gasteiger partial charge is 0.384 e. The highest BCUT2D eigenvalue weighted by Gasteiger charge is 2.09. The maximum atomic E-state index is 10.7. The van der Waals surface area contributed by atoms with Gasteiger partial charge >= 0.3 is 0 Å². The van der Waals surface area contributed by atoms with Gasteiger partial charge in [-0.25, -0.2) is 0 Å². The standard InChI is InChI=1S/C10H16N2O2/c1-8(2)12-6-9(7-13)10(11-12)4-5-14-3/h6-8H,4-5H2,1-3H3. The van der Waals surface area contributed by atoms with Crippen molar-refractivity contribution in [2.24, 2.45) is 0 Å². The van der Waals surface area contributed by atoms with Crippen molar-refractivity contribution in [1.82, 2.24) is 9.78 Å². The predicted molar refractivity (Wildman–Crippen MR) is 53.6 cm³/mol. The number of nitrogens with zero attached hydrogens (tertiary/aromatic N) is 2. The van der Waals surface area contributed by atoms with Gasteiger partial charge in [0.2, 0.25) is 0 Å². The Morgan fingerprint density at radius 3 is 2.86 bits per heavy atom. The zero-order valence-electron chi connectivity index (χ0n) is 8.86. The summed E-state index contributed by atoms with van der Waals surface area (Å²) in [5, 5.41) is 4.32. The first kappa shape index (κ1) is 10.9. The van der Waals surface area contributed by atoms with E-state index in [9.17, 15) is 4.79 Å². The van der Waals surface area contributed by atoms with Gasteiger partial charge in [-0.05, 0) is 13.8 Å². The number of methoxy groups -OCH3 is 1. The zero-order chi connectivity index (χ0) is 10.6. The van der Waals surface area contributed by atoms with Crippen molar-refractivity contribution >= 4 is 6.29 Å². The summed E-state index contributed by atoms with van der Waals surface area (Å²) in [6, 6.07) is 0.282. The fraction of sp³-hybridized carbons (Fsp3) is 0.600. The van der Waals surface area contributed by atoms with Crippen molar-refractivity contribution in [3.8, 4) is 0 Å². The molecule has 1 aromatic rings. The Balaban J connectivity index is 2.84. The molecular weight excluding hydrogens is 180 g/mol. The number of ether oxygens (including phenoxy) is 1. The SMILES string of the molecule is COCCc1nn(C(C)C)cc1C=O. The minimum absolute atomic E-state index is 0.282. The Labute approximate surface area is 83.9 Å². The highest BCUT2D eigenvalue weighted by molar-refractivity contribution is 5.75. The number of hydrogen-bond acceptors (Lipinski definition) is 3. The Hall–Kier alpha value is -1.16. The third-order valence-electron chi connectivity index (χ3n) is 2.04. The van der Waals surface area contributed by atoms with Crippen molar-refractivity contribution in [2.45, 2.75) is 26.3 Å². The van der Waals surface area contributed by atoms with Crippen LogP contribution in [-0.4, -0.2) is 29.8 Å². The van der Waals surface area contributed by atoms with Crippen LogP contribution in [-0.2, 0) is 11.2 Å². The van der Waals surface area contributed by atoms with E-state index in [-0.39, 0.29) is 6.04 Å². The van der Waals surface area contributed by atoms with Crippen LogP contribution in [0.3, 0.4) is 0 Å². The van der Waals surface area contributed by atoms with Crippen LogP contribution in [0, 0.1) is 0 Å². The molecule has 0 aliphatic rings. The lowest BCUT2D eigenvalue weighted by atomic mass is 10.2. The number of rotatable bonds is 5. The maximum Gasteiger partial charge on any atom is 0.153 e. The van der Waals surface area contributed by atoms with Crippen LogP contribution in [0.5, 0.6) is 0 Å². The zero-order valence-corrected chi connectivity index (χ0v) is 8.86. The van der Waals surface area contributed by atoms with Crippen LogP contribution >= 0.6 is 0 Å². The second-order valence-corrected chi connectivity index (χ2v) is 3.47. The van der Waals surface area contributed by atoms with Gasteiger partial charge in [0.25, 0.3) is 0 Å². The number of hydrogen-bond donors (Lipinski definition) is 0. The average Bonchev–Trinajstić information content (AvgIpc) is 2.57. The first-order valence-electron chi connectivity index (χ1n) is 4.71. The van der Waals surface area contributed by atoms with Crippen molar-refractivity contribution in [1.29, 1.82) is 0 Å². The first-order chi connectivity index (χ1) is 6.69. The molecule has 0 spiro atoms. The third kappa shape index (κ3) is 2.42. The third-order valence-corrected chi connectivity index (χ3v) is 2.04. The van der Waals surface area contributed by atoms with E-state index >= 15 is 0 Å². The number of carbonyl (C=O) groups excluding carboxylic acids is 1. The summed E-state index contributed by atoms with van der Waals surface area (Å²) in [5.74, 6) is 0. The Kier molecular flexibility index (Phi) is 3.83. The van der Waals surface area contributed by atoms with Crippen LogP contribution in [0.4, 0.5) is 0 Å². The molecule has 0 radical (unpaired) electrons. The summed E-state index contributed by atoms with van der Waals surface area (Å²) in [6.07, 6.45) is 3.31. The predicted octanol–water partition coefficient (Wildman–Crippen LogP) is 1.47. The molecule has 14 heavy (non-hydrogen) atoms. The van der Waals surface area contributed by atoms with Crippen molar-refractivity contribution in [3.63, 3.8) is 0 Å². The van der Waals surface area contributed by atoms with Gasteiger partial charge in [-0.15, -0.1) is 0 Å². The molecule has 0 amide bonds. The second-order valence-electron chi connectivity index (χ2n) is 3.47. The van der Waals surface area contributed by atoms with Crippen LogP contribution in [0.25, 0.3) is 0 Å².